The Morgan fingerprint density at radius 3 is 2.45 bits per heavy atom. The maximum Gasteiger partial charge on any atom is 0.421 e. The van der Waals surface area contributed by atoms with E-state index in [4.69, 9.17) is 7.85 Å². The molecule has 2 radical (unpaired) electrons. The Bertz CT molecular complexity index is 836. The monoisotopic (exact) mass is 567 g/mol. The van der Waals surface area contributed by atoms with E-state index in [1.54, 1.807) is 4.90 Å². The second-order valence-electron chi connectivity index (χ2n) is 9.91. The van der Waals surface area contributed by atoms with Gasteiger partial charge in [0.05, 0.1) is 7.85 Å². The summed E-state index contributed by atoms with van der Waals surface area (Å²) in [5.41, 5.74) is -0.00192. The minimum atomic E-state index is -4.55. The van der Waals surface area contributed by atoms with Gasteiger partial charge in [0.2, 0.25) is 11.9 Å². The molecule has 6 nitrogen and oxygen atoms in total. The molecular weight excluding hydrogens is 514 g/mol. The molecular formula is C30H53BF3N5O. The number of nitrogens with one attached hydrogen (secondary N) is 2. The lowest BCUT2D eigenvalue weighted by Gasteiger charge is -2.26. The van der Waals surface area contributed by atoms with Gasteiger partial charge in [-0.15, -0.1) is 0 Å². The van der Waals surface area contributed by atoms with E-state index in [-0.39, 0.29) is 24.2 Å². The third-order valence-corrected chi connectivity index (χ3v) is 6.34. The molecule has 1 aliphatic rings. The maximum absolute atomic E-state index is 13.3. The number of rotatable bonds is 15. The van der Waals surface area contributed by atoms with Gasteiger partial charge in [0.25, 0.3) is 0 Å². The summed E-state index contributed by atoms with van der Waals surface area (Å²) < 4.78 is 40.0. The summed E-state index contributed by atoms with van der Waals surface area (Å²) in [5.74, 6) is 0.901. The van der Waals surface area contributed by atoms with Gasteiger partial charge in [-0.2, -0.15) is 18.2 Å². The van der Waals surface area contributed by atoms with Gasteiger partial charge < -0.3 is 15.5 Å². The number of alkyl halides is 3. The van der Waals surface area contributed by atoms with Crippen molar-refractivity contribution in [3.63, 3.8) is 0 Å². The van der Waals surface area contributed by atoms with Gasteiger partial charge in [-0.1, -0.05) is 86.0 Å². The number of hydrogen-bond acceptors (Lipinski definition) is 5. The van der Waals surface area contributed by atoms with Crippen LogP contribution in [-0.4, -0.2) is 48.3 Å². The fourth-order valence-corrected chi connectivity index (χ4v) is 4.34. The molecule has 0 bridgehead atoms. The lowest BCUT2D eigenvalue weighted by atomic mass is 9.93. The summed E-state index contributed by atoms with van der Waals surface area (Å²) in [4.78, 5) is 21.5. The van der Waals surface area contributed by atoms with Crippen LogP contribution in [0.25, 0.3) is 0 Å². The number of piperidine rings is 1. The molecule has 1 aromatic rings. The fraction of sp³-hybridized carbons (Fsp3) is 0.767. The number of halogens is 3. The molecule has 1 aliphatic heterocycles. The van der Waals surface area contributed by atoms with Crippen LogP contribution in [0.5, 0.6) is 0 Å². The van der Waals surface area contributed by atoms with E-state index < -0.39 is 11.7 Å². The van der Waals surface area contributed by atoms with Crippen molar-refractivity contribution in [1.29, 1.82) is 0 Å². The smallest absolute Gasteiger partial charge is 0.369 e. The molecule has 2 rings (SSSR count). The standard InChI is InChI=1S/C20H30F3N5O.C8H17B.C2H6/c1-3-8-15(9-4-2)26-19-25-14-16(20(21,22)23)18(27-19)24-11-7-13-28-12-6-5-10-17(28)29;1-3-5-8(2)6-4-7-9;1-2/h8,14H,3-7,9-13H2,1-2H3,(H2,24,25,26,27);8H,3-7H2,1-2H3;1-2H3/b15-8+;;. The van der Waals surface area contributed by atoms with Crippen LogP contribution in [0.4, 0.5) is 24.9 Å². The number of aromatic nitrogens is 2. The summed E-state index contributed by atoms with van der Waals surface area (Å²) in [7, 11) is 5.37. The highest BCUT2D eigenvalue weighted by Crippen LogP contribution is 2.34. The van der Waals surface area contributed by atoms with Crippen molar-refractivity contribution < 1.29 is 18.0 Å². The van der Waals surface area contributed by atoms with E-state index in [1.807, 2.05) is 33.8 Å². The highest BCUT2D eigenvalue weighted by molar-refractivity contribution is 6.08. The summed E-state index contributed by atoms with van der Waals surface area (Å²) in [6.07, 6.45) is 9.74. The predicted molar refractivity (Wildman–Crippen MR) is 163 cm³/mol. The first-order valence-electron chi connectivity index (χ1n) is 15.3. The Morgan fingerprint density at radius 1 is 1.15 bits per heavy atom. The van der Waals surface area contributed by atoms with Gasteiger partial charge in [-0.3, -0.25) is 4.79 Å². The largest absolute Gasteiger partial charge is 0.421 e. The van der Waals surface area contributed by atoms with E-state index >= 15 is 0 Å². The zero-order valence-electron chi connectivity index (χ0n) is 25.8. The molecule has 0 saturated carbocycles. The Labute approximate surface area is 242 Å². The minimum absolute atomic E-state index is 0.118. The van der Waals surface area contributed by atoms with Gasteiger partial charge in [-0.05, 0) is 38.0 Å². The third-order valence-electron chi connectivity index (χ3n) is 6.34. The zero-order chi connectivity index (χ0) is 30.4. The third kappa shape index (κ3) is 16.1. The van der Waals surface area contributed by atoms with Crippen LogP contribution in [0.15, 0.2) is 18.0 Å². The summed E-state index contributed by atoms with van der Waals surface area (Å²) in [5, 5.41) is 5.81. The zero-order valence-corrected chi connectivity index (χ0v) is 25.8. The first kappa shape index (κ1) is 37.7. The molecule has 1 fully saturated rings. The lowest BCUT2D eigenvalue weighted by molar-refractivity contribution is -0.137. The Hall–Kier alpha value is -2.26. The van der Waals surface area contributed by atoms with Crippen molar-refractivity contribution in [2.45, 2.75) is 125 Å². The fourth-order valence-electron chi connectivity index (χ4n) is 4.34. The number of anilines is 2. The van der Waals surface area contributed by atoms with Crippen LogP contribution in [0.3, 0.4) is 0 Å². The van der Waals surface area contributed by atoms with Gasteiger partial charge >= 0.3 is 6.18 Å². The van der Waals surface area contributed by atoms with E-state index in [1.165, 1.54) is 25.7 Å². The Balaban J connectivity index is 0.00000117. The Kier molecular flexibility index (Phi) is 21.2. The second-order valence-corrected chi connectivity index (χ2v) is 9.91. The average Bonchev–Trinajstić information content (AvgIpc) is 2.92. The number of likely N-dealkylation sites (tertiary alicyclic amines) is 1. The van der Waals surface area contributed by atoms with Gasteiger partial charge in [0.1, 0.15) is 11.4 Å². The topological polar surface area (TPSA) is 70.2 Å². The van der Waals surface area contributed by atoms with Crippen molar-refractivity contribution in [1.82, 2.24) is 14.9 Å². The van der Waals surface area contributed by atoms with Crippen molar-refractivity contribution in [3.8, 4) is 0 Å². The number of hydrogen-bond donors (Lipinski definition) is 2. The SMILES string of the molecule is CC.CC/C=C(\CCC)Nc1ncc(C(F)(F)F)c(NCCCN2CCCCC2=O)n1.[B]CCCC(C)CCC. The van der Waals surface area contributed by atoms with Crippen LogP contribution in [-0.2, 0) is 11.0 Å². The van der Waals surface area contributed by atoms with Crippen LogP contribution in [0.1, 0.15) is 118 Å². The van der Waals surface area contributed by atoms with Crippen molar-refractivity contribution in [2.75, 3.05) is 30.3 Å². The molecule has 1 aromatic heterocycles. The van der Waals surface area contributed by atoms with Crippen LogP contribution in [0, 0.1) is 5.92 Å². The van der Waals surface area contributed by atoms with Crippen molar-refractivity contribution in [3.05, 3.63) is 23.5 Å². The van der Waals surface area contributed by atoms with E-state index in [2.05, 4.69) is 34.4 Å². The average molecular weight is 568 g/mol. The molecule has 1 unspecified atom stereocenters. The molecule has 0 aliphatic carbocycles. The quantitative estimate of drug-likeness (QED) is 0.164. The van der Waals surface area contributed by atoms with Crippen LogP contribution in [0.2, 0.25) is 6.32 Å². The van der Waals surface area contributed by atoms with E-state index in [9.17, 15) is 18.0 Å². The van der Waals surface area contributed by atoms with Gasteiger partial charge in [-0.25, -0.2) is 4.98 Å². The lowest BCUT2D eigenvalue weighted by Crippen LogP contribution is -2.36. The predicted octanol–water partition coefficient (Wildman–Crippen LogP) is 8.63. The highest BCUT2D eigenvalue weighted by atomic mass is 19.4. The first-order valence-corrected chi connectivity index (χ1v) is 15.3. The summed E-state index contributed by atoms with van der Waals surface area (Å²) in [6, 6.07) is 0. The molecule has 40 heavy (non-hydrogen) atoms. The van der Waals surface area contributed by atoms with Crippen LogP contribution >= 0.6 is 0 Å². The number of carbonyl (C=O) groups excluding carboxylic acids is 1. The highest BCUT2D eigenvalue weighted by Gasteiger charge is 2.35. The normalized spacial score (nSPS) is 14.5. The molecule has 228 valence electrons. The summed E-state index contributed by atoms with van der Waals surface area (Å²) >= 11 is 0. The molecule has 1 amide bonds. The molecule has 0 aromatic carbocycles. The molecule has 0 spiro atoms. The first-order chi connectivity index (χ1) is 19.2. The summed E-state index contributed by atoms with van der Waals surface area (Å²) in [6.45, 7) is 14.1. The molecule has 2 heterocycles. The molecule has 2 N–H and O–H groups in total. The Morgan fingerprint density at radius 2 is 1.88 bits per heavy atom. The van der Waals surface area contributed by atoms with E-state index in [0.29, 0.717) is 19.4 Å². The number of carbonyl (C=O) groups is 1. The second kappa shape index (κ2) is 22.4. The number of amides is 1. The van der Waals surface area contributed by atoms with Crippen LogP contribution < -0.4 is 10.6 Å². The van der Waals surface area contributed by atoms with Gasteiger partial charge in [0, 0.05) is 37.9 Å². The van der Waals surface area contributed by atoms with Gasteiger partial charge in [0.15, 0.2) is 0 Å². The van der Waals surface area contributed by atoms with E-state index in [0.717, 1.165) is 62.8 Å². The molecule has 10 heteroatoms. The molecule has 1 atom stereocenters. The maximum atomic E-state index is 13.3. The number of allylic oxidation sites excluding steroid dienone is 2. The molecule has 1 saturated heterocycles. The minimum Gasteiger partial charge on any atom is -0.369 e. The van der Waals surface area contributed by atoms with Crippen molar-refractivity contribution >= 4 is 25.5 Å². The van der Waals surface area contributed by atoms with Crippen molar-refractivity contribution in [2.24, 2.45) is 5.92 Å². The number of nitrogens with zero attached hydrogens (tertiary/aromatic N) is 3.